The van der Waals surface area contributed by atoms with E-state index in [0.29, 0.717) is 18.0 Å². The lowest BCUT2D eigenvalue weighted by atomic mass is 10.2. The molecule has 0 saturated heterocycles. The lowest BCUT2D eigenvalue weighted by Crippen LogP contribution is -2.19. The summed E-state index contributed by atoms with van der Waals surface area (Å²) in [4.78, 5) is 10.7. The van der Waals surface area contributed by atoms with E-state index in [1.54, 1.807) is 18.2 Å². The number of aliphatic hydroxyl groups is 1. The van der Waals surface area contributed by atoms with Gasteiger partial charge in [0.25, 0.3) is 0 Å². The second kappa shape index (κ2) is 5.92. The van der Waals surface area contributed by atoms with Gasteiger partial charge in [0.2, 0.25) is 0 Å². The minimum atomic E-state index is -0.590. The van der Waals surface area contributed by atoms with Crippen molar-refractivity contribution in [2.75, 3.05) is 10.6 Å². The van der Waals surface area contributed by atoms with Crippen molar-refractivity contribution in [1.82, 2.24) is 0 Å². The second-order valence-electron chi connectivity index (χ2n) is 3.95. The maximum Gasteiger partial charge on any atom is 0.316 e. The Hall–Kier alpha value is -2.47. The van der Waals surface area contributed by atoms with Crippen LogP contribution in [-0.2, 0) is 13.2 Å². The van der Waals surface area contributed by atoms with E-state index in [9.17, 15) is 4.79 Å². The molecule has 1 heterocycles. The van der Waals surface area contributed by atoms with Crippen molar-refractivity contribution < 1.29 is 14.3 Å². The van der Waals surface area contributed by atoms with Crippen LogP contribution >= 0.6 is 0 Å². The number of aliphatic hydroxyl groups excluding tert-OH is 1. The molecule has 0 spiro atoms. The number of hydrogen-bond acceptors (Lipinski definition) is 4. The first-order valence-corrected chi connectivity index (χ1v) is 5.76. The lowest BCUT2D eigenvalue weighted by molar-refractivity contribution is 0.244. The molecule has 0 aliphatic rings. The molecule has 2 amide bonds. The average molecular weight is 261 g/mol. The predicted octanol–water partition coefficient (Wildman–Crippen LogP) is 1.87. The van der Waals surface area contributed by atoms with Crippen LogP contribution in [0.3, 0.4) is 0 Å². The molecule has 0 aliphatic heterocycles. The number of rotatable bonds is 5. The fourth-order valence-electron chi connectivity index (χ4n) is 1.61. The van der Waals surface area contributed by atoms with Crippen LogP contribution in [0.1, 0.15) is 11.5 Å². The van der Waals surface area contributed by atoms with Crippen molar-refractivity contribution in [3.63, 3.8) is 0 Å². The zero-order valence-electron chi connectivity index (χ0n) is 10.2. The summed E-state index contributed by atoms with van der Waals surface area (Å²) in [5.74, 6) is 1.28. The molecule has 0 saturated carbocycles. The summed E-state index contributed by atoms with van der Waals surface area (Å²) in [5.41, 5.74) is 6.54. The maximum absolute atomic E-state index is 10.7. The van der Waals surface area contributed by atoms with Crippen LogP contribution < -0.4 is 16.4 Å². The molecule has 6 nitrogen and oxygen atoms in total. The highest BCUT2D eigenvalue weighted by molar-refractivity contribution is 5.87. The minimum Gasteiger partial charge on any atom is -0.462 e. The molecule has 2 rings (SSSR count). The molecule has 1 aromatic heterocycles. The van der Waals surface area contributed by atoms with Crippen molar-refractivity contribution in [1.29, 1.82) is 0 Å². The summed E-state index contributed by atoms with van der Waals surface area (Å²) in [6.07, 6.45) is 0. The van der Waals surface area contributed by atoms with Crippen molar-refractivity contribution in [2.24, 2.45) is 5.73 Å². The highest BCUT2D eigenvalue weighted by atomic mass is 16.4. The number of urea groups is 1. The van der Waals surface area contributed by atoms with E-state index in [1.807, 2.05) is 18.2 Å². The third-order valence-electron chi connectivity index (χ3n) is 2.49. The SMILES string of the molecule is NC(=O)Nc1ccc(NCc2ccc(CO)o2)cc1. The molecule has 0 bridgehead atoms. The summed E-state index contributed by atoms with van der Waals surface area (Å²) in [6.45, 7) is 0.413. The number of hydrogen-bond donors (Lipinski definition) is 4. The molecule has 5 N–H and O–H groups in total. The topological polar surface area (TPSA) is 101 Å². The Balaban J connectivity index is 1.90. The van der Waals surface area contributed by atoms with Gasteiger partial charge in [0, 0.05) is 11.4 Å². The van der Waals surface area contributed by atoms with Gasteiger partial charge in [-0.05, 0) is 36.4 Å². The number of benzene rings is 1. The molecular formula is C13H15N3O3. The molecule has 2 aromatic rings. The van der Waals surface area contributed by atoms with Crippen molar-refractivity contribution in [3.05, 3.63) is 47.9 Å². The van der Waals surface area contributed by atoms with Crippen molar-refractivity contribution >= 4 is 17.4 Å². The zero-order chi connectivity index (χ0) is 13.7. The largest absolute Gasteiger partial charge is 0.462 e. The van der Waals surface area contributed by atoms with E-state index in [1.165, 1.54) is 0 Å². The molecule has 0 radical (unpaired) electrons. The predicted molar refractivity (Wildman–Crippen MR) is 71.6 cm³/mol. The van der Waals surface area contributed by atoms with Gasteiger partial charge in [0.15, 0.2) is 0 Å². The first-order valence-electron chi connectivity index (χ1n) is 5.76. The van der Waals surface area contributed by atoms with Crippen LogP contribution in [0.25, 0.3) is 0 Å². The number of carbonyl (C=O) groups excluding carboxylic acids is 1. The number of nitrogens with one attached hydrogen (secondary N) is 2. The van der Waals surface area contributed by atoms with E-state index in [0.717, 1.165) is 11.4 Å². The first-order chi connectivity index (χ1) is 9.17. The minimum absolute atomic E-state index is 0.104. The van der Waals surface area contributed by atoms with E-state index in [4.69, 9.17) is 15.3 Å². The van der Waals surface area contributed by atoms with Crippen LogP contribution in [0.15, 0.2) is 40.8 Å². The van der Waals surface area contributed by atoms with Gasteiger partial charge in [-0.3, -0.25) is 0 Å². The van der Waals surface area contributed by atoms with Crippen molar-refractivity contribution in [3.8, 4) is 0 Å². The normalized spacial score (nSPS) is 10.2. The Morgan fingerprint density at radius 2 is 1.74 bits per heavy atom. The fraction of sp³-hybridized carbons (Fsp3) is 0.154. The van der Waals surface area contributed by atoms with Gasteiger partial charge in [-0.25, -0.2) is 4.79 Å². The summed E-state index contributed by atoms with van der Waals surface area (Å²) in [6, 6.07) is 10.1. The molecule has 100 valence electrons. The molecule has 0 aliphatic carbocycles. The van der Waals surface area contributed by atoms with Crippen LogP contribution in [0, 0.1) is 0 Å². The number of carbonyl (C=O) groups is 1. The molecule has 1 aromatic carbocycles. The number of nitrogens with two attached hydrogens (primary N) is 1. The smallest absolute Gasteiger partial charge is 0.316 e. The van der Waals surface area contributed by atoms with Gasteiger partial charge in [-0.1, -0.05) is 0 Å². The van der Waals surface area contributed by atoms with E-state index in [-0.39, 0.29) is 6.61 Å². The number of furan rings is 1. The second-order valence-corrected chi connectivity index (χ2v) is 3.95. The van der Waals surface area contributed by atoms with Crippen molar-refractivity contribution in [2.45, 2.75) is 13.2 Å². The van der Waals surface area contributed by atoms with Gasteiger partial charge in [0.05, 0.1) is 6.54 Å². The molecular weight excluding hydrogens is 246 g/mol. The van der Waals surface area contributed by atoms with Crippen LogP contribution in [0.5, 0.6) is 0 Å². The Morgan fingerprint density at radius 3 is 2.32 bits per heavy atom. The van der Waals surface area contributed by atoms with Crippen LogP contribution in [0.2, 0.25) is 0 Å². The Labute approximate surface area is 110 Å². The summed E-state index contributed by atoms with van der Waals surface area (Å²) in [7, 11) is 0. The highest BCUT2D eigenvalue weighted by Crippen LogP contribution is 2.15. The van der Waals surface area contributed by atoms with Gasteiger partial charge in [-0.15, -0.1) is 0 Å². The Kier molecular flexibility index (Phi) is 4.04. The van der Waals surface area contributed by atoms with Gasteiger partial charge in [-0.2, -0.15) is 0 Å². The Bertz CT molecular complexity index is 549. The third-order valence-corrected chi connectivity index (χ3v) is 2.49. The number of primary amides is 1. The van der Waals surface area contributed by atoms with E-state index < -0.39 is 6.03 Å². The summed E-state index contributed by atoms with van der Waals surface area (Å²) in [5, 5.41) is 14.5. The van der Waals surface area contributed by atoms with Gasteiger partial charge >= 0.3 is 6.03 Å². The van der Waals surface area contributed by atoms with Crippen LogP contribution in [-0.4, -0.2) is 11.1 Å². The molecule has 19 heavy (non-hydrogen) atoms. The monoisotopic (exact) mass is 261 g/mol. The molecule has 0 atom stereocenters. The van der Waals surface area contributed by atoms with E-state index >= 15 is 0 Å². The lowest BCUT2D eigenvalue weighted by Gasteiger charge is -2.06. The molecule has 0 unspecified atom stereocenters. The van der Waals surface area contributed by atoms with Gasteiger partial charge < -0.3 is 25.9 Å². The number of amides is 2. The average Bonchev–Trinajstić information content (AvgIpc) is 2.85. The zero-order valence-corrected chi connectivity index (χ0v) is 10.2. The molecule has 0 fully saturated rings. The first kappa shape index (κ1) is 13.0. The van der Waals surface area contributed by atoms with Gasteiger partial charge in [0.1, 0.15) is 18.1 Å². The molecule has 6 heteroatoms. The third kappa shape index (κ3) is 3.75. The Morgan fingerprint density at radius 1 is 1.11 bits per heavy atom. The number of anilines is 2. The quantitative estimate of drug-likeness (QED) is 0.660. The van der Waals surface area contributed by atoms with E-state index in [2.05, 4.69) is 10.6 Å². The summed E-state index contributed by atoms with van der Waals surface area (Å²) < 4.78 is 5.34. The fourth-order valence-corrected chi connectivity index (χ4v) is 1.61. The maximum atomic E-state index is 10.7. The summed E-state index contributed by atoms with van der Waals surface area (Å²) >= 11 is 0. The highest BCUT2D eigenvalue weighted by Gasteiger charge is 2.01. The standard InChI is InChI=1S/C13H15N3O3/c14-13(18)16-10-3-1-9(2-4-10)15-7-11-5-6-12(8-17)19-11/h1-6,15,17H,7-8H2,(H3,14,16,18). The van der Waals surface area contributed by atoms with Crippen LogP contribution in [0.4, 0.5) is 16.2 Å².